The Morgan fingerprint density at radius 3 is 2.72 bits per heavy atom. The van der Waals surface area contributed by atoms with Gasteiger partial charge in [0.25, 0.3) is 5.91 Å². The van der Waals surface area contributed by atoms with Gasteiger partial charge in [-0.2, -0.15) is 0 Å². The number of phenolic OH excluding ortho intramolecular Hbond substituents is 1. The van der Waals surface area contributed by atoms with Crippen LogP contribution in [0.4, 0.5) is 0 Å². The van der Waals surface area contributed by atoms with Crippen molar-refractivity contribution in [1.82, 2.24) is 4.90 Å². The Balaban J connectivity index is 1.91. The first-order valence-corrected chi connectivity index (χ1v) is 8.30. The quantitative estimate of drug-likeness (QED) is 0.369. The van der Waals surface area contributed by atoms with Crippen molar-refractivity contribution >= 4 is 52.0 Å². The summed E-state index contributed by atoms with van der Waals surface area (Å²) in [5, 5.41) is 9.49. The molecule has 2 aliphatic heterocycles. The first kappa shape index (κ1) is 17.1. The Kier molecular flexibility index (Phi) is 4.56. The fourth-order valence-corrected chi connectivity index (χ4v) is 3.40. The van der Waals surface area contributed by atoms with E-state index in [1.54, 1.807) is 18.2 Å². The number of ether oxygens (including phenoxy) is 1. The second-order valence-electron chi connectivity index (χ2n) is 5.20. The molecule has 126 valence electrons. The topological polar surface area (TPSA) is 83.9 Å². The van der Waals surface area contributed by atoms with Crippen LogP contribution in [-0.2, 0) is 19.1 Å². The van der Waals surface area contributed by atoms with Crippen LogP contribution in [0.5, 0.6) is 5.75 Å². The van der Waals surface area contributed by atoms with E-state index in [1.807, 2.05) is 0 Å². The van der Waals surface area contributed by atoms with E-state index in [2.05, 4.69) is 0 Å². The number of ketones is 1. The summed E-state index contributed by atoms with van der Waals surface area (Å²) in [4.78, 5) is 37.7. The number of aromatic hydroxyl groups is 1. The lowest BCUT2D eigenvalue weighted by molar-refractivity contribution is -0.137. The van der Waals surface area contributed by atoms with Gasteiger partial charge in [0.15, 0.2) is 10.1 Å². The highest BCUT2D eigenvalue weighted by atomic mass is 32.2. The molecule has 1 aromatic rings. The van der Waals surface area contributed by atoms with Crippen molar-refractivity contribution in [3.05, 3.63) is 58.3 Å². The number of nitrogens with zero attached hydrogens (tertiary/aromatic N) is 1. The van der Waals surface area contributed by atoms with Gasteiger partial charge in [-0.15, -0.1) is 0 Å². The molecule has 0 spiro atoms. The molecule has 1 N–H and O–H groups in total. The molecule has 1 aromatic carbocycles. The first-order valence-electron chi connectivity index (χ1n) is 7.08. The summed E-state index contributed by atoms with van der Waals surface area (Å²) in [6.45, 7) is 1.49. The molecule has 3 rings (SSSR count). The zero-order valence-corrected chi connectivity index (χ0v) is 14.5. The summed E-state index contributed by atoms with van der Waals surface area (Å²) >= 11 is 6.20. The van der Waals surface area contributed by atoms with Gasteiger partial charge in [0.2, 0.25) is 0 Å². The van der Waals surface area contributed by atoms with Gasteiger partial charge in [0, 0.05) is 12.3 Å². The predicted octanol–water partition coefficient (Wildman–Crippen LogP) is 2.51. The Morgan fingerprint density at radius 2 is 2.04 bits per heavy atom. The van der Waals surface area contributed by atoms with E-state index in [0.29, 0.717) is 10.5 Å². The third kappa shape index (κ3) is 3.54. The standard InChI is InChI=1S/C17H11NO5S2/c1-9-5-13(20)12(16(22)23-9)8-18-15(21)14(25-17(18)24)7-10-3-2-4-11(19)6-10/h2-8,19H,1H3/b12-8-,14-7-. The van der Waals surface area contributed by atoms with Crippen LogP contribution in [0.15, 0.2) is 52.8 Å². The molecule has 25 heavy (non-hydrogen) atoms. The van der Waals surface area contributed by atoms with E-state index in [0.717, 1.165) is 22.9 Å². The summed E-state index contributed by atoms with van der Waals surface area (Å²) in [6, 6.07) is 6.39. The van der Waals surface area contributed by atoms with Gasteiger partial charge in [-0.3, -0.25) is 14.5 Å². The number of esters is 1. The normalized spacial score (nSPS) is 21.2. The highest BCUT2D eigenvalue weighted by Gasteiger charge is 2.34. The van der Waals surface area contributed by atoms with Gasteiger partial charge < -0.3 is 9.84 Å². The minimum Gasteiger partial charge on any atom is -0.508 e. The number of phenols is 1. The number of benzene rings is 1. The molecule has 8 heteroatoms. The van der Waals surface area contributed by atoms with E-state index in [1.165, 1.54) is 25.1 Å². The first-order chi connectivity index (χ1) is 11.8. The highest BCUT2D eigenvalue weighted by Crippen LogP contribution is 2.34. The lowest BCUT2D eigenvalue weighted by Crippen LogP contribution is -2.27. The zero-order valence-electron chi connectivity index (χ0n) is 12.9. The van der Waals surface area contributed by atoms with E-state index >= 15 is 0 Å². The van der Waals surface area contributed by atoms with Crippen molar-refractivity contribution in [2.45, 2.75) is 6.92 Å². The van der Waals surface area contributed by atoms with Crippen molar-refractivity contribution in [2.24, 2.45) is 0 Å². The van der Waals surface area contributed by atoms with Crippen molar-refractivity contribution in [2.75, 3.05) is 0 Å². The van der Waals surface area contributed by atoms with Crippen LogP contribution < -0.4 is 0 Å². The molecule has 2 aliphatic rings. The van der Waals surface area contributed by atoms with Gasteiger partial charge in [0.1, 0.15) is 17.1 Å². The average Bonchev–Trinajstić information content (AvgIpc) is 2.77. The number of hydrogen-bond donors (Lipinski definition) is 1. The molecule has 0 unspecified atom stereocenters. The van der Waals surface area contributed by atoms with E-state index < -0.39 is 17.7 Å². The number of thiocarbonyl (C=S) groups is 1. The van der Waals surface area contributed by atoms with Crippen molar-refractivity contribution in [3.8, 4) is 5.75 Å². The number of carbonyl (C=O) groups is 3. The van der Waals surface area contributed by atoms with Crippen LogP contribution in [0.3, 0.4) is 0 Å². The SMILES string of the molecule is CC1=CC(=O)/C(=C/N2C(=O)/C(=C/c3cccc(O)c3)SC2=S)C(=O)O1. The molecule has 0 aromatic heterocycles. The number of cyclic esters (lactones) is 1. The predicted molar refractivity (Wildman–Crippen MR) is 96.1 cm³/mol. The molecule has 0 bridgehead atoms. The number of hydrogen-bond acceptors (Lipinski definition) is 7. The van der Waals surface area contributed by atoms with E-state index in [-0.39, 0.29) is 21.4 Å². The lowest BCUT2D eigenvalue weighted by atomic mass is 10.1. The summed E-state index contributed by atoms with van der Waals surface area (Å²) in [5.41, 5.74) is 0.361. The molecule has 0 saturated carbocycles. The monoisotopic (exact) mass is 373 g/mol. The van der Waals surface area contributed by atoms with Crippen molar-refractivity contribution in [1.29, 1.82) is 0 Å². The molecular formula is C17H11NO5S2. The zero-order chi connectivity index (χ0) is 18.1. The number of amides is 1. The lowest BCUT2D eigenvalue weighted by Gasteiger charge is -2.14. The molecule has 0 aliphatic carbocycles. The number of rotatable bonds is 2. The molecular weight excluding hydrogens is 362 g/mol. The van der Waals surface area contributed by atoms with Gasteiger partial charge in [-0.1, -0.05) is 36.1 Å². The van der Waals surface area contributed by atoms with Crippen LogP contribution in [-0.4, -0.2) is 32.0 Å². The second kappa shape index (κ2) is 6.66. The maximum Gasteiger partial charge on any atom is 0.348 e. The van der Waals surface area contributed by atoms with Gasteiger partial charge in [0.05, 0.1) is 4.91 Å². The molecule has 1 saturated heterocycles. The molecule has 6 nitrogen and oxygen atoms in total. The maximum absolute atomic E-state index is 12.5. The van der Waals surface area contributed by atoms with E-state index in [9.17, 15) is 19.5 Å². The van der Waals surface area contributed by atoms with Crippen molar-refractivity contribution in [3.63, 3.8) is 0 Å². The van der Waals surface area contributed by atoms with Crippen LogP contribution in [0.25, 0.3) is 6.08 Å². The Bertz CT molecular complexity index is 913. The number of allylic oxidation sites excluding steroid dienone is 2. The van der Waals surface area contributed by atoms with Gasteiger partial charge in [-0.25, -0.2) is 4.79 Å². The van der Waals surface area contributed by atoms with Crippen LogP contribution >= 0.6 is 24.0 Å². The van der Waals surface area contributed by atoms with Crippen LogP contribution in [0.2, 0.25) is 0 Å². The van der Waals surface area contributed by atoms with Gasteiger partial charge in [-0.05, 0) is 30.7 Å². The molecule has 0 radical (unpaired) electrons. The molecule has 0 atom stereocenters. The summed E-state index contributed by atoms with van der Waals surface area (Å²) < 4.78 is 5.08. The smallest absolute Gasteiger partial charge is 0.348 e. The van der Waals surface area contributed by atoms with Gasteiger partial charge >= 0.3 is 5.97 Å². The van der Waals surface area contributed by atoms with Crippen LogP contribution in [0, 0.1) is 0 Å². The molecule has 2 heterocycles. The highest BCUT2D eigenvalue weighted by molar-refractivity contribution is 8.26. The molecule has 1 amide bonds. The summed E-state index contributed by atoms with van der Waals surface area (Å²) in [6.07, 6.45) is 3.85. The van der Waals surface area contributed by atoms with Crippen molar-refractivity contribution < 1.29 is 24.2 Å². The van der Waals surface area contributed by atoms with Crippen LogP contribution in [0.1, 0.15) is 12.5 Å². The third-order valence-electron chi connectivity index (χ3n) is 3.32. The Labute approximate surface area is 152 Å². The fraction of sp³-hybridized carbons (Fsp3) is 0.0588. The largest absolute Gasteiger partial charge is 0.508 e. The fourth-order valence-electron chi connectivity index (χ4n) is 2.20. The average molecular weight is 373 g/mol. The van der Waals surface area contributed by atoms with E-state index in [4.69, 9.17) is 17.0 Å². The molecule has 1 fully saturated rings. The minimum absolute atomic E-state index is 0.0732. The Morgan fingerprint density at radius 1 is 1.28 bits per heavy atom. The summed E-state index contributed by atoms with van der Waals surface area (Å²) in [7, 11) is 0. The Hall–Kier alpha value is -2.71. The second-order valence-corrected chi connectivity index (χ2v) is 6.87. The third-order valence-corrected chi connectivity index (χ3v) is 4.65. The summed E-state index contributed by atoms with van der Waals surface area (Å²) in [5.74, 6) is -1.56. The maximum atomic E-state index is 12.5. The number of thioether (sulfide) groups is 1. The minimum atomic E-state index is -0.823. The number of carbonyl (C=O) groups excluding carboxylic acids is 3.